The molecular weight excluding hydrogens is 275 g/mol. The summed E-state index contributed by atoms with van der Waals surface area (Å²) >= 11 is 0. The molecular formula is C19H25FN2. The zero-order valence-electron chi connectivity index (χ0n) is 13.1. The topological polar surface area (TPSA) is 6.48 Å². The predicted molar refractivity (Wildman–Crippen MR) is 87.0 cm³/mol. The lowest BCUT2D eigenvalue weighted by Crippen LogP contribution is -2.47. The zero-order chi connectivity index (χ0) is 14.9. The molecule has 0 amide bonds. The average Bonchev–Trinajstić information content (AvgIpc) is 3.12. The van der Waals surface area contributed by atoms with E-state index in [0.29, 0.717) is 0 Å². The van der Waals surface area contributed by atoms with E-state index in [1.807, 2.05) is 12.1 Å². The van der Waals surface area contributed by atoms with Crippen molar-refractivity contribution in [2.45, 2.75) is 19.4 Å². The third kappa shape index (κ3) is 3.11. The minimum Gasteiger partial charge on any atom is -0.300 e. The van der Waals surface area contributed by atoms with Crippen molar-refractivity contribution >= 4 is 0 Å². The van der Waals surface area contributed by atoms with E-state index >= 15 is 0 Å². The normalized spacial score (nSPS) is 32.0. The molecule has 2 nitrogen and oxygen atoms in total. The number of rotatable bonds is 4. The molecule has 1 aromatic rings. The van der Waals surface area contributed by atoms with Crippen molar-refractivity contribution in [3.63, 3.8) is 0 Å². The van der Waals surface area contributed by atoms with Crippen LogP contribution in [0.5, 0.6) is 0 Å². The SMILES string of the molecule is Fc1cccc(CN2CCN(C[C@@H]3C[C@H]4C=C[C@@H]3C4)CC2)c1. The average molecular weight is 300 g/mol. The minimum atomic E-state index is -0.125. The minimum absolute atomic E-state index is 0.125. The first-order valence-corrected chi connectivity index (χ1v) is 8.64. The van der Waals surface area contributed by atoms with Crippen LogP contribution in [0.3, 0.4) is 0 Å². The van der Waals surface area contributed by atoms with Crippen LogP contribution in [0.4, 0.5) is 4.39 Å². The Morgan fingerprint density at radius 2 is 1.82 bits per heavy atom. The van der Waals surface area contributed by atoms with Gasteiger partial charge in [0.1, 0.15) is 5.82 Å². The molecule has 118 valence electrons. The van der Waals surface area contributed by atoms with Gasteiger partial charge in [0, 0.05) is 39.3 Å². The highest BCUT2D eigenvalue weighted by Crippen LogP contribution is 2.43. The molecule has 3 aliphatic rings. The number of benzene rings is 1. The van der Waals surface area contributed by atoms with Crippen molar-refractivity contribution in [1.29, 1.82) is 0 Å². The molecule has 4 rings (SSSR count). The van der Waals surface area contributed by atoms with Crippen molar-refractivity contribution in [3.05, 3.63) is 47.8 Å². The van der Waals surface area contributed by atoms with Gasteiger partial charge < -0.3 is 4.90 Å². The molecule has 0 spiro atoms. The maximum absolute atomic E-state index is 13.3. The molecule has 1 saturated heterocycles. The summed E-state index contributed by atoms with van der Waals surface area (Å²) in [4.78, 5) is 5.09. The highest BCUT2D eigenvalue weighted by molar-refractivity contribution is 5.16. The van der Waals surface area contributed by atoms with Gasteiger partial charge in [-0.25, -0.2) is 4.39 Å². The van der Waals surface area contributed by atoms with E-state index in [4.69, 9.17) is 0 Å². The van der Waals surface area contributed by atoms with Crippen LogP contribution >= 0.6 is 0 Å². The van der Waals surface area contributed by atoms with E-state index in [-0.39, 0.29) is 5.82 Å². The second-order valence-electron chi connectivity index (χ2n) is 7.25. The van der Waals surface area contributed by atoms with Crippen LogP contribution in [0.2, 0.25) is 0 Å². The Morgan fingerprint density at radius 1 is 1.00 bits per heavy atom. The lowest BCUT2D eigenvalue weighted by atomic mass is 9.93. The Balaban J connectivity index is 1.25. The maximum Gasteiger partial charge on any atom is 0.123 e. The van der Waals surface area contributed by atoms with Gasteiger partial charge in [-0.2, -0.15) is 0 Å². The van der Waals surface area contributed by atoms with Crippen molar-refractivity contribution in [1.82, 2.24) is 9.80 Å². The van der Waals surface area contributed by atoms with Gasteiger partial charge in [0.2, 0.25) is 0 Å². The summed E-state index contributed by atoms with van der Waals surface area (Å²) in [5, 5.41) is 0. The largest absolute Gasteiger partial charge is 0.300 e. The van der Waals surface area contributed by atoms with E-state index in [2.05, 4.69) is 22.0 Å². The lowest BCUT2D eigenvalue weighted by molar-refractivity contribution is 0.108. The second-order valence-corrected chi connectivity index (χ2v) is 7.25. The van der Waals surface area contributed by atoms with Crippen LogP contribution in [0.25, 0.3) is 0 Å². The van der Waals surface area contributed by atoms with Gasteiger partial charge in [-0.1, -0.05) is 24.3 Å². The first-order valence-electron chi connectivity index (χ1n) is 8.64. The summed E-state index contributed by atoms with van der Waals surface area (Å²) in [7, 11) is 0. The fourth-order valence-electron chi connectivity index (χ4n) is 4.46. The van der Waals surface area contributed by atoms with Crippen LogP contribution in [0.1, 0.15) is 18.4 Å². The van der Waals surface area contributed by atoms with Crippen LogP contribution < -0.4 is 0 Å². The molecule has 3 atom stereocenters. The molecule has 1 heterocycles. The third-order valence-corrected chi connectivity index (χ3v) is 5.67. The Labute approximate surface area is 132 Å². The molecule has 0 aromatic heterocycles. The molecule has 3 heteroatoms. The standard InChI is InChI=1S/C19H25FN2/c20-19-3-1-2-16(12-19)13-21-6-8-22(9-7-21)14-18-11-15-4-5-17(18)10-15/h1-5,12,15,17-18H,6-11,13-14H2/t15-,17+,18-/m0/s1. The van der Waals surface area contributed by atoms with Crippen molar-refractivity contribution < 1.29 is 4.39 Å². The number of hydrogen-bond donors (Lipinski definition) is 0. The number of halogens is 1. The van der Waals surface area contributed by atoms with Gasteiger partial charge in [-0.05, 0) is 48.3 Å². The van der Waals surface area contributed by atoms with Gasteiger partial charge in [-0.3, -0.25) is 4.90 Å². The predicted octanol–water partition coefficient (Wildman–Crippen LogP) is 3.16. The lowest BCUT2D eigenvalue weighted by Gasteiger charge is -2.37. The molecule has 1 aliphatic heterocycles. The van der Waals surface area contributed by atoms with E-state index in [1.54, 1.807) is 6.07 Å². The van der Waals surface area contributed by atoms with Crippen LogP contribution in [-0.4, -0.2) is 42.5 Å². The van der Waals surface area contributed by atoms with Crippen molar-refractivity contribution in [2.24, 2.45) is 17.8 Å². The van der Waals surface area contributed by atoms with E-state index in [0.717, 1.165) is 56.0 Å². The highest BCUT2D eigenvalue weighted by Gasteiger charge is 2.36. The molecule has 0 N–H and O–H groups in total. The molecule has 2 aliphatic carbocycles. The van der Waals surface area contributed by atoms with Gasteiger partial charge in [0.25, 0.3) is 0 Å². The monoisotopic (exact) mass is 300 g/mol. The van der Waals surface area contributed by atoms with Gasteiger partial charge in [0.05, 0.1) is 0 Å². The quantitative estimate of drug-likeness (QED) is 0.788. The molecule has 1 aromatic carbocycles. The number of fused-ring (bicyclic) bond motifs is 2. The van der Waals surface area contributed by atoms with Crippen LogP contribution in [0.15, 0.2) is 36.4 Å². The summed E-state index contributed by atoms with van der Waals surface area (Å²) in [6.07, 6.45) is 7.70. The summed E-state index contributed by atoms with van der Waals surface area (Å²) in [6.45, 7) is 6.68. The summed E-state index contributed by atoms with van der Waals surface area (Å²) in [6, 6.07) is 7.01. The van der Waals surface area contributed by atoms with Gasteiger partial charge in [-0.15, -0.1) is 0 Å². The molecule has 0 radical (unpaired) electrons. The van der Waals surface area contributed by atoms with E-state index < -0.39 is 0 Å². The summed E-state index contributed by atoms with van der Waals surface area (Å²) < 4.78 is 13.3. The van der Waals surface area contributed by atoms with Crippen molar-refractivity contribution in [3.8, 4) is 0 Å². The van der Waals surface area contributed by atoms with Gasteiger partial charge >= 0.3 is 0 Å². The molecule has 22 heavy (non-hydrogen) atoms. The Bertz CT molecular complexity index is 548. The van der Waals surface area contributed by atoms with Crippen molar-refractivity contribution in [2.75, 3.05) is 32.7 Å². The Kier molecular flexibility index (Phi) is 4.01. The molecule has 0 unspecified atom stereocenters. The van der Waals surface area contributed by atoms with Gasteiger partial charge in [0.15, 0.2) is 0 Å². The zero-order valence-corrected chi connectivity index (χ0v) is 13.1. The van der Waals surface area contributed by atoms with Crippen LogP contribution in [0, 0.1) is 23.6 Å². The molecule has 2 bridgehead atoms. The van der Waals surface area contributed by atoms with E-state index in [9.17, 15) is 4.39 Å². The summed E-state index contributed by atoms with van der Waals surface area (Å²) in [5.41, 5.74) is 1.09. The van der Waals surface area contributed by atoms with E-state index in [1.165, 1.54) is 25.5 Å². The Hall–Kier alpha value is -1.19. The molecule has 1 saturated carbocycles. The third-order valence-electron chi connectivity index (χ3n) is 5.67. The molecule has 2 fully saturated rings. The smallest absolute Gasteiger partial charge is 0.123 e. The maximum atomic E-state index is 13.3. The first-order chi connectivity index (χ1) is 10.8. The fourth-order valence-corrected chi connectivity index (χ4v) is 4.46. The summed E-state index contributed by atoms with van der Waals surface area (Å²) in [5.74, 6) is 2.50. The van der Waals surface area contributed by atoms with Crippen LogP contribution in [-0.2, 0) is 6.54 Å². The highest BCUT2D eigenvalue weighted by atomic mass is 19.1. The first kappa shape index (κ1) is 14.4. The number of nitrogens with zero attached hydrogens (tertiary/aromatic N) is 2. The Morgan fingerprint density at radius 3 is 2.50 bits per heavy atom. The number of piperazine rings is 1. The fraction of sp³-hybridized carbons (Fsp3) is 0.579. The number of allylic oxidation sites excluding steroid dienone is 2. The second kappa shape index (κ2) is 6.13. The number of hydrogen-bond acceptors (Lipinski definition) is 2.